The Morgan fingerprint density at radius 2 is 2.25 bits per heavy atom. The maximum absolute atomic E-state index is 10.7. The Bertz CT molecular complexity index is 437. The van der Waals surface area contributed by atoms with Gasteiger partial charge in [-0.05, 0) is 6.92 Å². The molecule has 0 radical (unpaired) electrons. The second-order valence-corrected chi connectivity index (χ2v) is 3.15. The third-order valence-electron chi connectivity index (χ3n) is 1.94. The molecule has 5 heteroatoms. The number of nitro benzene ring substituents is 1. The van der Waals surface area contributed by atoms with Crippen molar-refractivity contribution in [3.8, 4) is 18.1 Å². The number of non-ortho nitro benzene ring substituents is 1. The van der Waals surface area contributed by atoms with Gasteiger partial charge < -0.3 is 10.1 Å². The monoisotopic (exact) mass is 220 g/mol. The lowest BCUT2D eigenvalue weighted by molar-refractivity contribution is -0.384. The molecule has 84 valence electrons. The van der Waals surface area contributed by atoms with Crippen LogP contribution in [0, 0.1) is 22.5 Å². The molecule has 0 aliphatic rings. The van der Waals surface area contributed by atoms with E-state index in [1.165, 1.54) is 12.1 Å². The Balaban J connectivity index is 3.05. The summed E-state index contributed by atoms with van der Waals surface area (Å²) in [5, 5.41) is 13.5. The van der Waals surface area contributed by atoms with Gasteiger partial charge in [0.15, 0.2) is 6.10 Å². The first-order chi connectivity index (χ1) is 7.56. The van der Waals surface area contributed by atoms with Gasteiger partial charge in [-0.2, -0.15) is 0 Å². The quantitative estimate of drug-likeness (QED) is 0.479. The summed E-state index contributed by atoms with van der Waals surface area (Å²) in [6.45, 7) is 1.69. The minimum Gasteiger partial charge on any atom is -0.478 e. The molecule has 1 aromatic rings. The average Bonchev–Trinajstić information content (AvgIpc) is 2.28. The fourth-order valence-corrected chi connectivity index (χ4v) is 1.14. The highest BCUT2D eigenvalue weighted by molar-refractivity contribution is 5.56. The SMILES string of the molecule is C#CC(C)Oc1cc(NC)cc([N+](=O)[O-])c1. The van der Waals surface area contributed by atoms with Gasteiger partial charge in [0.1, 0.15) is 5.75 Å². The van der Waals surface area contributed by atoms with Crippen LogP contribution in [0.4, 0.5) is 11.4 Å². The number of hydrogen-bond donors (Lipinski definition) is 1. The van der Waals surface area contributed by atoms with E-state index in [4.69, 9.17) is 11.2 Å². The molecule has 0 heterocycles. The van der Waals surface area contributed by atoms with Crippen LogP contribution in [0.2, 0.25) is 0 Å². The Hall–Kier alpha value is -2.22. The molecule has 16 heavy (non-hydrogen) atoms. The first kappa shape index (κ1) is 11.9. The van der Waals surface area contributed by atoms with Crippen LogP contribution >= 0.6 is 0 Å². The summed E-state index contributed by atoms with van der Waals surface area (Å²) in [6.07, 6.45) is 4.74. The molecule has 0 aromatic heterocycles. The summed E-state index contributed by atoms with van der Waals surface area (Å²) >= 11 is 0. The van der Waals surface area contributed by atoms with Crippen LogP contribution in [0.1, 0.15) is 6.92 Å². The van der Waals surface area contributed by atoms with E-state index in [9.17, 15) is 10.1 Å². The number of rotatable bonds is 4. The second-order valence-electron chi connectivity index (χ2n) is 3.15. The van der Waals surface area contributed by atoms with Crippen LogP contribution in [0.5, 0.6) is 5.75 Å². The number of ether oxygens (including phenoxy) is 1. The first-order valence-electron chi connectivity index (χ1n) is 4.67. The number of anilines is 1. The Morgan fingerprint density at radius 3 is 2.75 bits per heavy atom. The van der Waals surface area contributed by atoms with Crippen LogP contribution in [0.3, 0.4) is 0 Å². The predicted octanol–water partition coefficient (Wildman–Crippen LogP) is 2.04. The lowest BCUT2D eigenvalue weighted by Crippen LogP contribution is -2.08. The zero-order valence-corrected chi connectivity index (χ0v) is 9.06. The molecule has 0 saturated heterocycles. The van der Waals surface area contributed by atoms with Crippen molar-refractivity contribution in [2.45, 2.75) is 13.0 Å². The normalized spacial score (nSPS) is 11.3. The van der Waals surface area contributed by atoms with Gasteiger partial charge in [0.25, 0.3) is 5.69 Å². The highest BCUT2D eigenvalue weighted by atomic mass is 16.6. The van der Waals surface area contributed by atoms with E-state index in [-0.39, 0.29) is 5.69 Å². The smallest absolute Gasteiger partial charge is 0.275 e. The van der Waals surface area contributed by atoms with Gasteiger partial charge in [0.05, 0.1) is 11.0 Å². The van der Waals surface area contributed by atoms with E-state index < -0.39 is 11.0 Å². The fraction of sp³-hybridized carbons (Fsp3) is 0.273. The highest BCUT2D eigenvalue weighted by Crippen LogP contribution is 2.26. The number of benzene rings is 1. The maximum atomic E-state index is 10.7. The van der Waals surface area contributed by atoms with Gasteiger partial charge in [-0.25, -0.2) is 0 Å². The molecule has 1 unspecified atom stereocenters. The van der Waals surface area contributed by atoms with Crippen LogP contribution < -0.4 is 10.1 Å². The minimum absolute atomic E-state index is 0.0360. The van der Waals surface area contributed by atoms with Crippen molar-refractivity contribution in [2.24, 2.45) is 0 Å². The van der Waals surface area contributed by atoms with E-state index in [1.54, 1.807) is 20.0 Å². The van der Waals surface area contributed by atoms with E-state index in [0.29, 0.717) is 11.4 Å². The third kappa shape index (κ3) is 2.89. The zero-order chi connectivity index (χ0) is 12.1. The molecule has 0 fully saturated rings. The number of nitro groups is 1. The molecular weight excluding hydrogens is 208 g/mol. The summed E-state index contributed by atoms with van der Waals surface area (Å²) in [5.41, 5.74) is 0.569. The largest absolute Gasteiger partial charge is 0.478 e. The van der Waals surface area contributed by atoms with Crippen molar-refractivity contribution in [3.63, 3.8) is 0 Å². The molecule has 1 atom stereocenters. The van der Waals surface area contributed by atoms with Crippen molar-refractivity contribution in [1.82, 2.24) is 0 Å². The minimum atomic E-state index is -0.478. The lowest BCUT2D eigenvalue weighted by Gasteiger charge is -2.10. The van der Waals surface area contributed by atoms with Gasteiger partial charge in [-0.3, -0.25) is 10.1 Å². The summed E-state index contributed by atoms with van der Waals surface area (Å²) in [4.78, 5) is 10.2. The molecular formula is C11H12N2O3. The van der Waals surface area contributed by atoms with E-state index in [0.717, 1.165) is 0 Å². The van der Waals surface area contributed by atoms with Crippen molar-refractivity contribution in [1.29, 1.82) is 0 Å². The van der Waals surface area contributed by atoms with Crippen LogP contribution in [-0.4, -0.2) is 18.1 Å². The molecule has 1 rings (SSSR count). The summed E-state index contributed by atoms with van der Waals surface area (Å²) < 4.78 is 5.32. The average molecular weight is 220 g/mol. The summed E-state index contributed by atoms with van der Waals surface area (Å²) in [6, 6.07) is 4.42. The van der Waals surface area contributed by atoms with Gasteiger partial charge in [-0.15, -0.1) is 6.42 Å². The number of terminal acetylenes is 1. The Labute approximate surface area is 93.6 Å². The zero-order valence-electron chi connectivity index (χ0n) is 9.06. The fourth-order valence-electron chi connectivity index (χ4n) is 1.14. The number of hydrogen-bond acceptors (Lipinski definition) is 4. The molecule has 1 N–H and O–H groups in total. The molecule has 0 bridgehead atoms. The van der Waals surface area contributed by atoms with E-state index in [2.05, 4.69) is 11.2 Å². The number of nitrogens with zero attached hydrogens (tertiary/aromatic N) is 1. The summed E-state index contributed by atoms with van der Waals surface area (Å²) in [7, 11) is 1.67. The number of nitrogens with one attached hydrogen (secondary N) is 1. The van der Waals surface area contributed by atoms with Gasteiger partial charge >= 0.3 is 0 Å². The Kier molecular flexibility index (Phi) is 3.72. The van der Waals surface area contributed by atoms with Crippen LogP contribution in [0.15, 0.2) is 18.2 Å². The molecule has 0 saturated carbocycles. The lowest BCUT2D eigenvalue weighted by atomic mass is 10.2. The van der Waals surface area contributed by atoms with Gasteiger partial charge in [0, 0.05) is 24.9 Å². The predicted molar refractivity (Wildman–Crippen MR) is 61.6 cm³/mol. The second kappa shape index (κ2) is 5.03. The van der Waals surface area contributed by atoms with Gasteiger partial charge in [0.2, 0.25) is 0 Å². The standard InChI is InChI=1S/C11H12N2O3/c1-4-8(2)16-11-6-9(12-3)5-10(7-11)13(14)15/h1,5-8,12H,2-3H3. The molecule has 5 nitrogen and oxygen atoms in total. The van der Waals surface area contributed by atoms with Crippen LogP contribution in [-0.2, 0) is 0 Å². The first-order valence-corrected chi connectivity index (χ1v) is 4.67. The molecule has 0 amide bonds. The van der Waals surface area contributed by atoms with Crippen molar-refractivity contribution in [3.05, 3.63) is 28.3 Å². The summed E-state index contributed by atoms with van der Waals surface area (Å²) in [5.74, 6) is 2.77. The highest BCUT2D eigenvalue weighted by Gasteiger charge is 2.11. The van der Waals surface area contributed by atoms with Crippen molar-refractivity contribution < 1.29 is 9.66 Å². The van der Waals surface area contributed by atoms with Crippen molar-refractivity contribution >= 4 is 11.4 Å². The topological polar surface area (TPSA) is 64.4 Å². The van der Waals surface area contributed by atoms with E-state index >= 15 is 0 Å². The maximum Gasteiger partial charge on any atom is 0.275 e. The molecule has 0 spiro atoms. The Morgan fingerprint density at radius 1 is 1.56 bits per heavy atom. The molecule has 0 aliphatic heterocycles. The van der Waals surface area contributed by atoms with E-state index in [1.807, 2.05) is 0 Å². The third-order valence-corrected chi connectivity index (χ3v) is 1.94. The van der Waals surface area contributed by atoms with Gasteiger partial charge in [-0.1, -0.05) is 5.92 Å². The molecule has 0 aliphatic carbocycles. The van der Waals surface area contributed by atoms with Crippen molar-refractivity contribution in [2.75, 3.05) is 12.4 Å². The molecule has 1 aromatic carbocycles. The van der Waals surface area contributed by atoms with Crippen LogP contribution in [0.25, 0.3) is 0 Å².